The predicted molar refractivity (Wildman–Crippen MR) is 42.5 cm³/mol. The van der Waals surface area contributed by atoms with Crippen LogP contribution in [0.4, 0.5) is 5.69 Å². The molecular weight excluding hydrogens is 168 g/mol. The summed E-state index contributed by atoms with van der Waals surface area (Å²) >= 11 is 0. The molecule has 1 aromatic rings. The lowest BCUT2D eigenvalue weighted by Gasteiger charge is -1.95. The van der Waals surface area contributed by atoms with E-state index in [2.05, 4.69) is 5.11 Å². The van der Waals surface area contributed by atoms with Gasteiger partial charge in [0.25, 0.3) is 6.19 Å². The van der Waals surface area contributed by atoms with Crippen LogP contribution >= 0.6 is 0 Å². The first-order chi connectivity index (χ1) is 6.27. The van der Waals surface area contributed by atoms with E-state index in [0.29, 0.717) is 5.56 Å². The number of nitriles is 2. The summed E-state index contributed by atoms with van der Waals surface area (Å²) in [6.45, 7) is 0. The highest BCUT2D eigenvalue weighted by atomic mass is 16.5. The van der Waals surface area contributed by atoms with Gasteiger partial charge in [0.15, 0.2) is 0 Å². The molecule has 0 saturated heterocycles. The summed E-state index contributed by atoms with van der Waals surface area (Å²) in [5.74, 6) is 0. The summed E-state index contributed by atoms with van der Waals surface area (Å²) in [7, 11) is 0. The van der Waals surface area contributed by atoms with E-state index >= 15 is 0 Å². The van der Waals surface area contributed by atoms with Gasteiger partial charge in [-0.3, -0.25) is 0 Å². The van der Waals surface area contributed by atoms with E-state index in [4.69, 9.17) is 10.5 Å². The predicted octanol–water partition coefficient (Wildman–Crippen LogP) is 1.63. The Hall–Kier alpha value is -2.40. The smallest absolute Gasteiger partial charge is 0.274 e. The molecule has 0 amide bonds. The maximum atomic E-state index is 10.9. The first-order valence-corrected chi connectivity index (χ1v) is 3.35. The summed E-state index contributed by atoms with van der Waals surface area (Å²) in [6.07, 6.45) is 1.36. The van der Waals surface area contributed by atoms with Crippen molar-refractivity contribution < 1.29 is 4.86 Å². The lowest BCUT2D eigenvalue weighted by atomic mass is 10.2. The summed E-state index contributed by atoms with van der Waals surface area (Å²) in [5.41, 5.74) is 0.520. The molecule has 0 bridgehead atoms. The highest BCUT2D eigenvalue weighted by Gasteiger charge is 2.03. The SMILES string of the molecule is N#CN=[N+]([O-])c1cccc(C#N)c1. The number of nitrogens with zero attached hydrogens (tertiary/aromatic N) is 4. The number of azo groups is 1. The summed E-state index contributed by atoms with van der Waals surface area (Å²) in [4.78, 5) is 0.167. The van der Waals surface area contributed by atoms with Gasteiger partial charge < -0.3 is 5.21 Å². The Morgan fingerprint density at radius 2 is 2.15 bits per heavy atom. The van der Waals surface area contributed by atoms with Crippen LogP contribution in [0.1, 0.15) is 5.56 Å². The van der Waals surface area contributed by atoms with Crippen LogP contribution in [0.25, 0.3) is 0 Å². The van der Waals surface area contributed by atoms with E-state index in [1.165, 1.54) is 18.3 Å². The standard InChI is InChI=1S/C8H4N4O/c9-5-7-2-1-3-8(4-7)12(13)11-6-10/h1-4H. The fourth-order valence-electron chi connectivity index (χ4n) is 0.793. The maximum Gasteiger partial charge on any atom is 0.274 e. The van der Waals surface area contributed by atoms with Crippen molar-refractivity contribution in [2.45, 2.75) is 0 Å². The van der Waals surface area contributed by atoms with E-state index in [0.717, 1.165) is 0 Å². The third kappa shape index (κ3) is 2.01. The third-order valence-electron chi connectivity index (χ3n) is 1.33. The second-order valence-electron chi connectivity index (χ2n) is 2.14. The van der Waals surface area contributed by atoms with Crippen LogP contribution in [-0.2, 0) is 0 Å². The van der Waals surface area contributed by atoms with Crippen LogP contribution < -0.4 is 0 Å². The zero-order chi connectivity index (χ0) is 9.68. The molecule has 62 valence electrons. The van der Waals surface area contributed by atoms with Crippen molar-refractivity contribution in [2.24, 2.45) is 5.11 Å². The average molecular weight is 172 g/mol. The van der Waals surface area contributed by atoms with E-state index in [-0.39, 0.29) is 10.5 Å². The molecule has 13 heavy (non-hydrogen) atoms. The second kappa shape index (κ2) is 3.84. The normalized spacial score (nSPS) is 10.2. The van der Waals surface area contributed by atoms with Gasteiger partial charge in [-0.05, 0) is 10.9 Å². The van der Waals surface area contributed by atoms with Gasteiger partial charge in [-0.25, -0.2) is 0 Å². The van der Waals surface area contributed by atoms with Crippen LogP contribution in [0.3, 0.4) is 0 Å². The van der Waals surface area contributed by atoms with Gasteiger partial charge in [-0.1, -0.05) is 6.07 Å². The third-order valence-corrected chi connectivity index (χ3v) is 1.33. The molecule has 0 heterocycles. The van der Waals surface area contributed by atoms with E-state index in [9.17, 15) is 5.21 Å². The minimum Gasteiger partial charge on any atom is -0.593 e. The molecule has 1 rings (SSSR count). The monoisotopic (exact) mass is 172 g/mol. The average Bonchev–Trinajstić information content (AvgIpc) is 2.18. The minimum absolute atomic E-state index is 0.167. The summed E-state index contributed by atoms with van der Waals surface area (Å²) in [6, 6.07) is 7.80. The van der Waals surface area contributed by atoms with Crippen molar-refractivity contribution in [3.8, 4) is 12.3 Å². The fourth-order valence-corrected chi connectivity index (χ4v) is 0.793. The molecule has 1 aromatic carbocycles. The van der Waals surface area contributed by atoms with Gasteiger partial charge in [0.05, 0.1) is 16.7 Å². The molecule has 0 spiro atoms. The molecule has 5 heteroatoms. The van der Waals surface area contributed by atoms with Gasteiger partial charge >= 0.3 is 0 Å². The molecule has 5 nitrogen and oxygen atoms in total. The molecule has 0 aliphatic heterocycles. The summed E-state index contributed by atoms with van der Waals surface area (Å²) < 4.78 is 0. The highest BCUT2D eigenvalue weighted by Crippen LogP contribution is 2.12. The molecule has 0 aliphatic rings. The van der Waals surface area contributed by atoms with Crippen LogP contribution in [0, 0.1) is 28.0 Å². The zero-order valence-corrected chi connectivity index (χ0v) is 6.51. The number of hydrogen-bond donors (Lipinski definition) is 0. The molecule has 0 saturated carbocycles. The molecule has 0 radical (unpaired) electrons. The van der Waals surface area contributed by atoms with Crippen molar-refractivity contribution in [2.75, 3.05) is 0 Å². The fraction of sp³-hybridized carbons (Fsp3) is 0. The first-order valence-electron chi connectivity index (χ1n) is 3.35. The number of rotatable bonds is 1. The molecule has 0 unspecified atom stereocenters. The molecule has 0 atom stereocenters. The number of hydrogen-bond acceptors (Lipinski definition) is 4. The van der Waals surface area contributed by atoms with Crippen LogP contribution in [0.15, 0.2) is 29.4 Å². The Bertz CT molecular complexity index is 425. The van der Waals surface area contributed by atoms with Gasteiger partial charge in [-0.2, -0.15) is 10.5 Å². The topological polar surface area (TPSA) is 86.0 Å². The summed E-state index contributed by atoms with van der Waals surface area (Å²) in [5, 5.41) is 30.5. The van der Waals surface area contributed by atoms with Gasteiger partial charge in [0.2, 0.25) is 5.69 Å². The van der Waals surface area contributed by atoms with Crippen LogP contribution in [0.5, 0.6) is 0 Å². The maximum absolute atomic E-state index is 10.9. The van der Waals surface area contributed by atoms with Crippen molar-refractivity contribution in [3.05, 3.63) is 35.0 Å². The van der Waals surface area contributed by atoms with E-state index in [1.807, 2.05) is 6.07 Å². The van der Waals surface area contributed by atoms with Gasteiger partial charge in [0.1, 0.15) is 0 Å². The minimum atomic E-state index is 0.167. The molecule has 0 N–H and O–H groups in total. The van der Waals surface area contributed by atoms with E-state index < -0.39 is 0 Å². The highest BCUT2D eigenvalue weighted by molar-refractivity contribution is 5.40. The quantitative estimate of drug-likeness (QED) is 0.279. The Morgan fingerprint density at radius 3 is 2.77 bits per heavy atom. The molecule has 0 aromatic heterocycles. The van der Waals surface area contributed by atoms with Crippen molar-refractivity contribution in [1.82, 2.24) is 0 Å². The number of benzene rings is 1. The Kier molecular flexibility index (Phi) is 2.57. The van der Waals surface area contributed by atoms with Gasteiger partial charge in [-0.15, -0.1) is 0 Å². The van der Waals surface area contributed by atoms with Crippen molar-refractivity contribution in [3.63, 3.8) is 0 Å². The lowest BCUT2D eigenvalue weighted by Crippen LogP contribution is -1.90. The zero-order valence-electron chi connectivity index (χ0n) is 6.51. The molecule has 0 fully saturated rings. The first kappa shape index (κ1) is 8.69. The second-order valence-corrected chi connectivity index (χ2v) is 2.14. The van der Waals surface area contributed by atoms with Crippen LogP contribution in [-0.4, -0.2) is 4.86 Å². The molecular formula is C8H4N4O. The van der Waals surface area contributed by atoms with Crippen molar-refractivity contribution in [1.29, 1.82) is 10.5 Å². The molecule has 0 aliphatic carbocycles. The Balaban J connectivity index is 3.12. The Labute approximate surface area is 74.4 Å². The van der Waals surface area contributed by atoms with Crippen LogP contribution in [0.2, 0.25) is 0 Å². The Morgan fingerprint density at radius 1 is 1.38 bits per heavy atom. The van der Waals surface area contributed by atoms with E-state index in [1.54, 1.807) is 12.1 Å². The lowest BCUT2D eigenvalue weighted by molar-refractivity contribution is -0.435. The van der Waals surface area contributed by atoms with Crippen molar-refractivity contribution >= 4 is 5.69 Å². The van der Waals surface area contributed by atoms with Gasteiger partial charge in [0, 0.05) is 12.1 Å². The largest absolute Gasteiger partial charge is 0.593 e.